The maximum Gasteiger partial charge on any atom is 0.103 e. The Kier molecular flexibility index (Phi) is 5.58. The summed E-state index contributed by atoms with van der Waals surface area (Å²) in [6, 6.07) is 2.34. The van der Waals surface area contributed by atoms with Crippen molar-refractivity contribution in [2.75, 3.05) is 33.4 Å². The lowest BCUT2D eigenvalue weighted by molar-refractivity contribution is -0.0514. The molecule has 1 fully saturated rings. The van der Waals surface area contributed by atoms with Crippen LogP contribution >= 0.6 is 0 Å². The largest absolute Gasteiger partial charge is 0.378 e. The fourth-order valence-corrected chi connectivity index (χ4v) is 2.32. The van der Waals surface area contributed by atoms with Crippen molar-refractivity contribution in [1.82, 2.24) is 10.2 Å². The van der Waals surface area contributed by atoms with Crippen LogP contribution in [-0.4, -0.2) is 49.3 Å². The second kappa shape index (κ2) is 6.51. The number of ether oxygens (including phenoxy) is 1. The van der Waals surface area contributed by atoms with Crippen LogP contribution in [0.3, 0.4) is 0 Å². The van der Waals surface area contributed by atoms with Gasteiger partial charge in [-0.15, -0.1) is 0 Å². The zero-order valence-electron chi connectivity index (χ0n) is 12.3. The fraction of sp³-hybridized carbons (Fsp3) is 0.929. The Balaban J connectivity index is 2.28. The zero-order chi connectivity index (χ0) is 13.6. The average molecular weight is 253 g/mol. The monoisotopic (exact) mass is 253 g/mol. The van der Waals surface area contributed by atoms with Crippen molar-refractivity contribution in [3.8, 4) is 6.07 Å². The molecule has 18 heavy (non-hydrogen) atoms. The summed E-state index contributed by atoms with van der Waals surface area (Å²) in [5, 5.41) is 12.2. The van der Waals surface area contributed by atoms with E-state index in [9.17, 15) is 0 Å². The Labute approximate surface area is 111 Å². The molecule has 0 spiro atoms. The highest BCUT2D eigenvalue weighted by atomic mass is 16.5. The summed E-state index contributed by atoms with van der Waals surface area (Å²) in [5.74, 6) is 0. The first-order chi connectivity index (χ1) is 8.43. The van der Waals surface area contributed by atoms with Gasteiger partial charge in [0.2, 0.25) is 0 Å². The van der Waals surface area contributed by atoms with E-state index in [4.69, 9.17) is 10.00 Å². The van der Waals surface area contributed by atoms with Gasteiger partial charge in [0.15, 0.2) is 0 Å². The summed E-state index contributed by atoms with van der Waals surface area (Å²) in [6.07, 6.45) is 3.13. The molecule has 1 rings (SSSR count). The van der Waals surface area contributed by atoms with Crippen LogP contribution in [0.15, 0.2) is 0 Å². The summed E-state index contributed by atoms with van der Waals surface area (Å²) in [7, 11) is 1.86. The van der Waals surface area contributed by atoms with Crippen molar-refractivity contribution < 1.29 is 4.74 Å². The number of nitrogens with one attached hydrogen (secondary N) is 1. The SMILES string of the molecule is CNC(C)(C#N)CCCCN1CCOCC1(C)C. The summed E-state index contributed by atoms with van der Waals surface area (Å²) < 4.78 is 5.52. The number of nitriles is 1. The van der Waals surface area contributed by atoms with Crippen LogP contribution in [0.1, 0.15) is 40.0 Å². The number of rotatable bonds is 6. The molecule has 0 aromatic rings. The van der Waals surface area contributed by atoms with Crippen LogP contribution in [0.2, 0.25) is 0 Å². The summed E-state index contributed by atoms with van der Waals surface area (Å²) in [4.78, 5) is 2.50. The molecular formula is C14H27N3O. The Hall–Kier alpha value is -0.630. The normalized spacial score (nSPS) is 23.3. The highest BCUT2D eigenvalue weighted by molar-refractivity contribution is 5.02. The van der Waals surface area contributed by atoms with Crippen LogP contribution in [0, 0.1) is 11.3 Å². The van der Waals surface area contributed by atoms with Gasteiger partial charge in [-0.25, -0.2) is 0 Å². The van der Waals surface area contributed by atoms with E-state index in [0.29, 0.717) is 0 Å². The molecular weight excluding hydrogens is 226 g/mol. The number of hydrogen-bond acceptors (Lipinski definition) is 4. The van der Waals surface area contributed by atoms with E-state index >= 15 is 0 Å². The summed E-state index contributed by atoms with van der Waals surface area (Å²) >= 11 is 0. The first-order valence-corrected chi connectivity index (χ1v) is 6.86. The molecule has 1 unspecified atom stereocenters. The van der Waals surface area contributed by atoms with Crippen molar-refractivity contribution in [2.45, 2.75) is 51.1 Å². The van der Waals surface area contributed by atoms with Gasteiger partial charge in [-0.3, -0.25) is 4.90 Å². The lowest BCUT2D eigenvalue weighted by atomic mass is 9.96. The first kappa shape index (κ1) is 15.4. The molecule has 1 aliphatic rings. The predicted molar refractivity (Wildman–Crippen MR) is 73.4 cm³/mol. The number of nitrogens with zero attached hydrogens (tertiary/aromatic N) is 2. The molecule has 1 saturated heterocycles. The highest BCUT2D eigenvalue weighted by Crippen LogP contribution is 2.20. The Morgan fingerprint density at radius 1 is 1.44 bits per heavy atom. The topological polar surface area (TPSA) is 48.3 Å². The molecule has 4 nitrogen and oxygen atoms in total. The number of hydrogen-bond donors (Lipinski definition) is 1. The van der Waals surface area contributed by atoms with Crippen LogP contribution in [0.4, 0.5) is 0 Å². The molecule has 0 aromatic carbocycles. The third-order valence-corrected chi connectivity index (χ3v) is 3.97. The van der Waals surface area contributed by atoms with E-state index in [0.717, 1.165) is 45.6 Å². The third-order valence-electron chi connectivity index (χ3n) is 3.97. The lowest BCUT2D eigenvalue weighted by Gasteiger charge is -2.42. The van der Waals surface area contributed by atoms with Crippen molar-refractivity contribution >= 4 is 0 Å². The van der Waals surface area contributed by atoms with E-state index in [1.165, 1.54) is 0 Å². The van der Waals surface area contributed by atoms with Gasteiger partial charge in [0.05, 0.1) is 19.3 Å². The van der Waals surface area contributed by atoms with Gasteiger partial charge in [-0.2, -0.15) is 5.26 Å². The molecule has 0 aromatic heterocycles. The number of unbranched alkanes of at least 4 members (excludes halogenated alkanes) is 1. The van der Waals surface area contributed by atoms with Gasteiger partial charge in [0.25, 0.3) is 0 Å². The predicted octanol–water partition coefficient (Wildman–Crippen LogP) is 1.77. The summed E-state index contributed by atoms with van der Waals surface area (Å²) in [6.45, 7) is 10.2. The minimum Gasteiger partial charge on any atom is -0.378 e. The van der Waals surface area contributed by atoms with Gasteiger partial charge in [0, 0.05) is 12.1 Å². The van der Waals surface area contributed by atoms with E-state index in [2.05, 4.69) is 30.1 Å². The Morgan fingerprint density at radius 2 is 2.17 bits per heavy atom. The molecule has 1 N–H and O–H groups in total. The summed E-state index contributed by atoms with van der Waals surface area (Å²) in [5.41, 5.74) is -0.222. The van der Waals surface area contributed by atoms with Gasteiger partial charge >= 0.3 is 0 Å². The van der Waals surface area contributed by atoms with E-state index < -0.39 is 0 Å². The van der Waals surface area contributed by atoms with Gasteiger partial charge < -0.3 is 10.1 Å². The Morgan fingerprint density at radius 3 is 2.72 bits per heavy atom. The van der Waals surface area contributed by atoms with E-state index in [1.807, 2.05) is 14.0 Å². The molecule has 0 aliphatic carbocycles. The van der Waals surface area contributed by atoms with Gasteiger partial charge in [-0.05, 0) is 53.6 Å². The van der Waals surface area contributed by atoms with E-state index in [-0.39, 0.29) is 11.1 Å². The number of morpholine rings is 1. The van der Waals surface area contributed by atoms with Crippen LogP contribution in [0.5, 0.6) is 0 Å². The van der Waals surface area contributed by atoms with Crippen LogP contribution in [-0.2, 0) is 4.74 Å². The van der Waals surface area contributed by atoms with Crippen molar-refractivity contribution in [2.24, 2.45) is 0 Å². The highest BCUT2D eigenvalue weighted by Gasteiger charge is 2.30. The second-order valence-electron chi connectivity index (χ2n) is 6.00. The molecule has 0 bridgehead atoms. The molecule has 1 atom stereocenters. The lowest BCUT2D eigenvalue weighted by Crippen LogP contribution is -2.53. The maximum atomic E-state index is 9.08. The minimum absolute atomic E-state index is 0.153. The smallest absolute Gasteiger partial charge is 0.103 e. The Bertz CT molecular complexity index is 298. The van der Waals surface area contributed by atoms with Crippen molar-refractivity contribution in [1.29, 1.82) is 5.26 Å². The van der Waals surface area contributed by atoms with Crippen molar-refractivity contribution in [3.05, 3.63) is 0 Å². The molecule has 4 heteroatoms. The molecule has 1 aliphatic heterocycles. The zero-order valence-corrected chi connectivity index (χ0v) is 12.3. The van der Waals surface area contributed by atoms with Crippen LogP contribution in [0.25, 0.3) is 0 Å². The maximum absolute atomic E-state index is 9.08. The molecule has 1 heterocycles. The fourth-order valence-electron chi connectivity index (χ4n) is 2.32. The average Bonchev–Trinajstić information content (AvgIpc) is 2.35. The second-order valence-corrected chi connectivity index (χ2v) is 6.00. The molecule has 0 saturated carbocycles. The molecule has 104 valence electrons. The van der Waals surface area contributed by atoms with Gasteiger partial charge in [-0.1, -0.05) is 0 Å². The molecule has 0 amide bonds. The van der Waals surface area contributed by atoms with Gasteiger partial charge in [0.1, 0.15) is 5.54 Å². The third kappa shape index (κ3) is 4.24. The van der Waals surface area contributed by atoms with E-state index in [1.54, 1.807) is 0 Å². The first-order valence-electron chi connectivity index (χ1n) is 6.86. The van der Waals surface area contributed by atoms with Crippen LogP contribution < -0.4 is 5.32 Å². The van der Waals surface area contributed by atoms with Crippen molar-refractivity contribution in [3.63, 3.8) is 0 Å². The quantitative estimate of drug-likeness (QED) is 0.733. The molecule has 0 radical (unpaired) electrons. The standard InChI is InChI=1S/C14H27N3O/c1-13(2)12-18-10-9-17(13)8-6-5-7-14(3,11-15)16-4/h16H,5-10,12H2,1-4H3. The minimum atomic E-state index is -0.374.